The van der Waals surface area contributed by atoms with Gasteiger partial charge in [0, 0.05) is 12.0 Å². The molecule has 0 bridgehead atoms. The van der Waals surface area contributed by atoms with Crippen LogP contribution in [0, 0.1) is 6.04 Å². The second-order valence-electron chi connectivity index (χ2n) is 9.86. The van der Waals surface area contributed by atoms with Crippen molar-refractivity contribution in [3.05, 3.63) is 114 Å². The summed E-state index contributed by atoms with van der Waals surface area (Å²) in [6.45, 7) is 1.77. The quantitative estimate of drug-likeness (QED) is 0.233. The number of carbonyl (C=O) groups excluding carboxylic acids is 2. The first-order chi connectivity index (χ1) is 20.5. The first kappa shape index (κ1) is 28.5. The van der Waals surface area contributed by atoms with E-state index >= 15 is 0 Å². The molecule has 1 aliphatic rings. The van der Waals surface area contributed by atoms with Crippen molar-refractivity contribution in [2.24, 2.45) is 0 Å². The molecule has 0 spiro atoms. The zero-order valence-corrected chi connectivity index (χ0v) is 23.8. The second kappa shape index (κ2) is 13.1. The van der Waals surface area contributed by atoms with E-state index in [0.29, 0.717) is 29.0 Å². The van der Waals surface area contributed by atoms with Crippen LogP contribution in [-0.2, 0) is 9.53 Å². The summed E-state index contributed by atoms with van der Waals surface area (Å²) in [6.07, 6.45) is -0.575. The summed E-state index contributed by atoms with van der Waals surface area (Å²) in [6, 6.07) is 31.1. The first-order valence-corrected chi connectivity index (χ1v) is 13.6. The molecule has 0 saturated carbocycles. The molecule has 0 unspecified atom stereocenters. The van der Waals surface area contributed by atoms with Crippen molar-refractivity contribution in [1.82, 2.24) is 5.32 Å². The molecule has 4 aromatic rings. The predicted molar refractivity (Wildman–Crippen MR) is 161 cm³/mol. The van der Waals surface area contributed by atoms with Crippen molar-refractivity contribution < 1.29 is 28.5 Å². The Hall–Kier alpha value is -4.98. The summed E-state index contributed by atoms with van der Waals surface area (Å²) in [5, 5.41) is 2.83. The van der Waals surface area contributed by atoms with Crippen LogP contribution in [0.1, 0.15) is 24.0 Å². The Balaban J connectivity index is 1.32. The molecule has 0 aromatic heterocycles. The Morgan fingerprint density at radius 1 is 0.786 bits per heavy atom. The van der Waals surface area contributed by atoms with Crippen LogP contribution in [0.3, 0.4) is 0 Å². The highest BCUT2D eigenvalue weighted by Crippen LogP contribution is 2.44. The molecule has 0 heterocycles. The normalized spacial score (nSPS) is 11.8. The van der Waals surface area contributed by atoms with Gasteiger partial charge in [0.1, 0.15) is 23.9 Å². The highest BCUT2D eigenvalue weighted by atomic mass is 16.6. The number of hydrogen-bond acceptors (Lipinski definition) is 6. The SMILES string of the molecule is COc1ccc(N(C[C](C)NC(=O)COc2ccccc2)C(=O)OCC2c3ccccc3-c3ccccc32)c(OC)c1. The van der Waals surface area contributed by atoms with E-state index in [1.807, 2.05) is 42.5 Å². The minimum absolute atomic E-state index is 0.0520. The number of fused-ring (bicyclic) bond motifs is 3. The summed E-state index contributed by atoms with van der Waals surface area (Å²) < 4.78 is 22.5. The number of para-hydroxylation sites is 1. The van der Waals surface area contributed by atoms with E-state index in [9.17, 15) is 9.59 Å². The fourth-order valence-corrected chi connectivity index (χ4v) is 5.14. The number of methoxy groups -OCH3 is 2. The minimum Gasteiger partial charge on any atom is -0.497 e. The molecule has 0 fully saturated rings. The number of rotatable bonds is 11. The Bertz CT molecular complexity index is 1490. The molecule has 215 valence electrons. The van der Waals surface area contributed by atoms with Crippen molar-refractivity contribution in [2.45, 2.75) is 12.8 Å². The predicted octanol–water partition coefficient (Wildman–Crippen LogP) is 6.21. The lowest BCUT2D eigenvalue weighted by molar-refractivity contribution is -0.122. The summed E-state index contributed by atoms with van der Waals surface area (Å²) in [7, 11) is 3.08. The number of nitrogens with one attached hydrogen (secondary N) is 1. The standard InChI is InChI=1S/C34H33N2O6/c1-23(35-33(37)22-41-24-11-5-4-6-12-24)20-36(31-18-17-25(39-2)19-32(31)40-3)34(38)42-21-30-28-15-9-7-13-26(28)27-14-8-10-16-29(27)30/h4-19,30H,20-22H2,1-3H3,(H,35,37). The third-order valence-electron chi connectivity index (χ3n) is 7.10. The van der Waals surface area contributed by atoms with E-state index in [4.69, 9.17) is 18.9 Å². The van der Waals surface area contributed by atoms with Gasteiger partial charge in [-0.15, -0.1) is 0 Å². The number of nitrogens with zero attached hydrogens (tertiary/aromatic N) is 1. The molecule has 1 N–H and O–H groups in total. The Morgan fingerprint density at radius 3 is 2.07 bits per heavy atom. The molecule has 0 atom stereocenters. The van der Waals surface area contributed by atoms with Crippen LogP contribution < -0.4 is 24.4 Å². The van der Waals surface area contributed by atoms with Crippen molar-refractivity contribution in [2.75, 3.05) is 38.9 Å². The molecule has 0 saturated heterocycles. The molecule has 1 radical (unpaired) electrons. The Kier molecular flexibility index (Phi) is 8.92. The van der Waals surface area contributed by atoms with Crippen molar-refractivity contribution >= 4 is 17.7 Å². The number of carbonyl (C=O) groups is 2. The van der Waals surface area contributed by atoms with Gasteiger partial charge in [-0.3, -0.25) is 9.69 Å². The topological polar surface area (TPSA) is 86.3 Å². The molecule has 4 aromatic carbocycles. The summed E-state index contributed by atoms with van der Waals surface area (Å²) >= 11 is 0. The van der Waals surface area contributed by atoms with Gasteiger partial charge in [-0.2, -0.15) is 0 Å². The minimum atomic E-state index is -0.575. The van der Waals surface area contributed by atoms with Gasteiger partial charge in [-0.1, -0.05) is 66.7 Å². The fraction of sp³-hybridized carbons (Fsp3) is 0.206. The lowest BCUT2D eigenvalue weighted by Crippen LogP contribution is -2.42. The van der Waals surface area contributed by atoms with E-state index < -0.39 is 6.09 Å². The largest absolute Gasteiger partial charge is 0.497 e. The van der Waals surface area contributed by atoms with Gasteiger partial charge in [-0.25, -0.2) is 4.79 Å². The monoisotopic (exact) mass is 565 g/mol. The molecular formula is C34H33N2O6. The van der Waals surface area contributed by atoms with Crippen LogP contribution >= 0.6 is 0 Å². The summed E-state index contributed by atoms with van der Waals surface area (Å²) in [5.41, 5.74) is 5.01. The molecule has 8 heteroatoms. The zero-order valence-electron chi connectivity index (χ0n) is 23.8. The van der Waals surface area contributed by atoms with Crippen molar-refractivity contribution in [1.29, 1.82) is 0 Å². The van der Waals surface area contributed by atoms with Gasteiger partial charge < -0.3 is 24.3 Å². The van der Waals surface area contributed by atoms with Crippen LogP contribution in [0.4, 0.5) is 10.5 Å². The molecular weight excluding hydrogens is 532 g/mol. The van der Waals surface area contributed by atoms with Gasteiger partial charge in [0.2, 0.25) is 0 Å². The molecule has 2 amide bonds. The van der Waals surface area contributed by atoms with Gasteiger partial charge in [-0.05, 0) is 53.4 Å². The van der Waals surface area contributed by atoms with Gasteiger partial charge in [0.15, 0.2) is 6.61 Å². The first-order valence-electron chi connectivity index (χ1n) is 13.6. The smallest absolute Gasteiger partial charge is 0.414 e. The maximum atomic E-state index is 13.7. The van der Waals surface area contributed by atoms with E-state index in [1.54, 1.807) is 44.4 Å². The maximum absolute atomic E-state index is 13.7. The highest BCUT2D eigenvalue weighted by molar-refractivity contribution is 5.91. The highest BCUT2D eigenvalue weighted by Gasteiger charge is 2.31. The van der Waals surface area contributed by atoms with E-state index in [0.717, 1.165) is 22.3 Å². The molecule has 42 heavy (non-hydrogen) atoms. The Labute approximate surface area is 245 Å². The molecule has 0 aliphatic heterocycles. The van der Waals surface area contributed by atoms with E-state index in [1.165, 1.54) is 12.0 Å². The summed E-state index contributed by atoms with van der Waals surface area (Å²) in [4.78, 5) is 27.8. The number of amides is 2. The summed E-state index contributed by atoms with van der Waals surface area (Å²) in [5.74, 6) is 1.16. The van der Waals surface area contributed by atoms with E-state index in [-0.39, 0.29) is 31.6 Å². The zero-order chi connectivity index (χ0) is 29.5. The average Bonchev–Trinajstić information content (AvgIpc) is 3.35. The number of anilines is 1. The second-order valence-corrected chi connectivity index (χ2v) is 9.86. The molecule has 5 rings (SSSR count). The van der Waals surface area contributed by atoms with Gasteiger partial charge in [0.05, 0.1) is 32.5 Å². The average molecular weight is 566 g/mol. The lowest BCUT2D eigenvalue weighted by Gasteiger charge is -2.27. The van der Waals surface area contributed by atoms with E-state index in [2.05, 4.69) is 29.6 Å². The van der Waals surface area contributed by atoms with Crippen LogP contribution in [0.5, 0.6) is 17.2 Å². The Morgan fingerprint density at radius 2 is 1.43 bits per heavy atom. The fourth-order valence-electron chi connectivity index (χ4n) is 5.14. The number of ether oxygens (including phenoxy) is 4. The number of hydrogen-bond donors (Lipinski definition) is 1. The van der Waals surface area contributed by atoms with Gasteiger partial charge >= 0.3 is 6.09 Å². The number of benzene rings is 4. The van der Waals surface area contributed by atoms with Crippen LogP contribution in [-0.4, -0.2) is 46.0 Å². The molecule has 1 aliphatic carbocycles. The van der Waals surface area contributed by atoms with Crippen LogP contribution in [0.15, 0.2) is 97.1 Å². The molecule has 8 nitrogen and oxygen atoms in total. The third kappa shape index (κ3) is 6.33. The maximum Gasteiger partial charge on any atom is 0.414 e. The third-order valence-corrected chi connectivity index (χ3v) is 7.10. The van der Waals surface area contributed by atoms with Gasteiger partial charge in [0.25, 0.3) is 5.91 Å². The van der Waals surface area contributed by atoms with Crippen LogP contribution in [0.2, 0.25) is 0 Å². The van der Waals surface area contributed by atoms with Crippen LogP contribution in [0.25, 0.3) is 11.1 Å². The van der Waals surface area contributed by atoms with Crippen molar-refractivity contribution in [3.63, 3.8) is 0 Å². The van der Waals surface area contributed by atoms with Crippen molar-refractivity contribution in [3.8, 4) is 28.4 Å². The lowest BCUT2D eigenvalue weighted by atomic mass is 9.98.